The third-order valence-corrected chi connectivity index (χ3v) is 4.03. The Morgan fingerprint density at radius 1 is 1.29 bits per heavy atom. The molecule has 1 aliphatic heterocycles. The van der Waals surface area contributed by atoms with Crippen LogP contribution >= 0.6 is 0 Å². The van der Waals surface area contributed by atoms with Crippen molar-refractivity contribution in [1.29, 1.82) is 5.26 Å². The third kappa shape index (κ3) is 3.04. The van der Waals surface area contributed by atoms with E-state index in [0.717, 1.165) is 17.6 Å². The molecule has 1 aromatic heterocycles. The van der Waals surface area contributed by atoms with Crippen LogP contribution in [0.2, 0.25) is 0 Å². The molecule has 2 heterocycles. The molecule has 0 bridgehead atoms. The first-order valence-electron chi connectivity index (χ1n) is 7.63. The smallest absolute Gasteiger partial charge is 0.257 e. The van der Waals surface area contributed by atoms with Gasteiger partial charge in [-0.2, -0.15) is 5.26 Å². The Bertz CT molecular complexity index is 900. The van der Waals surface area contributed by atoms with E-state index in [2.05, 4.69) is 17.0 Å². The van der Waals surface area contributed by atoms with Gasteiger partial charge in [-0.25, -0.2) is 4.98 Å². The van der Waals surface area contributed by atoms with E-state index in [1.807, 2.05) is 24.3 Å². The van der Waals surface area contributed by atoms with Crippen LogP contribution in [-0.2, 0) is 0 Å². The summed E-state index contributed by atoms with van der Waals surface area (Å²) in [6.45, 7) is 1.13. The van der Waals surface area contributed by atoms with Gasteiger partial charge < -0.3 is 4.90 Å². The Labute approximate surface area is 141 Å². The Morgan fingerprint density at radius 3 is 2.88 bits per heavy atom. The van der Waals surface area contributed by atoms with Crippen molar-refractivity contribution in [2.75, 3.05) is 13.1 Å². The number of rotatable bonds is 2. The number of benzene rings is 1. The molecule has 0 radical (unpaired) electrons. The standard InChI is InChI=1S/C20H15N3O/c1-2-19-18(7-4-10-22-19)20(24)23-11-8-16(9-12-23)17-6-3-5-15(13-17)14-21/h1,3-8,10,13H,9,11-12H2. The van der Waals surface area contributed by atoms with Crippen molar-refractivity contribution in [3.8, 4) is 18.4 Å². The molecule has 2 aromatic rings. The van der Waals surface area contributed by atoms with Crippen molar-refractivity contribution in [2.24, 2.45) is 0 Å². The number of aromatic nitrogens is 1. The molecule has 116 valence electrons. The van der Waals surface area contributed by atoms with Gasteiger partial charge in [-0.05, 0) is 47.7 Å². The third-order valence-electron chi connectivity index (χ3n) is 4.03. The average molecular weight is 313 g/mol. The van der Waals surface area contributed by atoms with Crippen molar-refractivity contribution in [3.05, 3.63) is 71.1 Å². The molecule has 24 heavy (non-hydrogen) atoms. The second-order valence-corrected chi connectivity index (χ2v) is 5.47. The summed E-state index contributed by atoms with van der Waals surface area (Å²) in [7, 11) is 0. The predicted octanol–water partition coefficient (Wildman–Crippen LogP) is 2.86. The van der Waals surface area contributed by atoms with Crippen molar-refractivity contribution < 1.29 is 4.79 Å². The van der Waals surface area contributed by atoms with Gasteiger partial charge in [0, 0.05) is 19.3 Å². The van der Waals surface area contributed by atoms with Crippen LogP contribution < -0.4 is 0 Å². The molecule has 0 spiro atoms. The van der Waals surface area contributed by atoms with Gasteiger partial charge in [0.15, 0.2) is 0 Å². The summed E-state index contributed by atoms with van der Waals surface area (Å²) in [4.78, 5) is 18.5. The highest BCUT2D eigenvalue weighted by molar-refractivity contribution is 5.96. The van der Waals surface area contributed by atoms with Crippen LogP contribution in [0, 0.1) is 23.7 Å². The maximum Gasteiger partial charge on any atom is 0.257 e. The molecule has 0 saturated heterocycles. The van der Waals surface area contributed by atoms with Gasteiger partial charge in [-0.3, -0.25) is 4.79 Å². The van der Waals surface area contributed by atoms with Gasteiger partial charge >= 0.3 is 0 Å². The van der Waals surface area contributed by atoms with Crippen LogP contribution in [0.5, 0.6) is 0 Å². The summed E-state index contributed by atoms with van der Waals surface area (Å²) >= 11 is 0. The van der Waals surface area contributed by atoms with Gasteiger partial charge in [-0.15, -0.1) is 6.42 Å². The normalized spacial score (nSPS) is 13.6. The molecule has 0 saturated carbocycles. The highest BCUT2D eigenvalue weighted by Crippen LogP contribution is 2.24. The summed E-state index contributed by atoms with van der Waals surface area (Å²) < 4.78 is 0. The Hall–Kier alpha value is -3.37. The van der Waals surface area contributed by atoms with E-state index in [0.29, 0.717) is 29.9 Å². The summed E-state index contributed by atoms with van der Waals surface area (Å²) in [6.07, 6.45) is 9.78. The number of pyridine rings is 1. The zero-order valence-electron chi connectivity index (χ0n) is 13.1. The maximum absolute atomic E-state index is 12.6. The fraction of sp³-hybridized carbons (Fsp3) is 0.150. The number of terminal acetylenes is 1. The molecule has 1 aromatic carbocycles. The highest BCUT2D eigenvalue weighted by atomic mass is 16.2. The van der Waals surface area contributed by atoms with Crippen LogP contribution in [0.4, 0.5) is 0 Å². The lowest BCUT2D eigenvalue weighted by molar-refractivity contribution is 0.0772. The molecule has 0 unspecified atom stereocenters. The summed E-state index contributed by atoms with van der Waals surface area (Å²) in [5.41, 5.74) is 3.66. The second kappa shape index (κ2) is 6.81. The molecule has 4 heteroatoms. The van der Waals surface area contributed by atoms with Crippen molar-refractivity contribution in [3.63, 3.8) is 0 Å². The number of carbonyl (C=O) groups is 1. The summed E-state index contributed by atoms with van der Waals surface area (Å²) in [5, 5.41) is 9.01. The summed E-state index contributed by atoms with van der Waals surface area (Å²) in [5.74, 6) is 2.36. The largest absolute Gasteiger partial charge is 0.334 e. The molecule has 3 rings (SSSR count). The van der Waals surface area contributed by atoms with Crippen LogP contribution in [0.1, 0.15) is 33.6 Å². The minimum atomic E-state index is -0.0999. The van der Waals surface area contributed by atoms with Gasteiger partial charge in [0.25, 0.3) is 5.91 Å². The van der Waals surface area contributed by atoms with Crippen molar-refractivity contribution in [1.82, 2.24) is 9.88 Å². The molecule has 1 aliphatic rings. The van der Waals surface area contributed by atoms with Gasteiger partial charge in [0.1, 0.15) is 5.69 Å². The number of hydrogen-bond acceptors (Lipinski definition) is 3. The van der Waals surface area contributed by atoms with E-state index in [-0.39, 0.29) is 5.91 Å². The zero-order valence-corrected chi connectivity index (χ0v) is 13.1. The minimum absolute atomic E-state index is 0.0999. The first kappa shape index (κ1) is 15.5. The van der Waals surface area contributed by atoms with Crippen molar-refractivity contribution in [2.45, 2.75) is 6.42 Å². The number of nitrogens with zero attached hydrogens (tertiary/aromatic N) is 3. The molecule has 0 atom stereocenters. The lowest BCUT2D eigenvalue weighted by Crippen LogP contribution is -2.35. The van der Waals surface area contributed by atoms with Gasteiger partial charge in [0.2, 0.25) is 0 Å². The number of nitriles is 1. The molecule has 0 aliphatic carbocycles. The molecule has 1 amide bonds. The minimum Gasteiger partial charge on any atom is -0.334 e. The molecular weight excluding hydrogens is 298 g/mol. The quantitative estimate of drug-likeness (QED) is 0.801. The van der Waals surface area contributed by atoms with Crippen molar-refractivity contribution >= 4 is 11.5 Å². The molecule has 4 nitrogen and oxygen atoms in total. The summed E-state index contributed by atoms with van der Waals surface area (Å²) in [6, 6.07) is 13.1. The topological polar surface area (TPSA) is 57.0 Å². The van der Waals surface area contributed by atoms with Crippen LogP contribution in [0.25, 0.3) is 5.57 Å². The highest BCUT2D eigenvalue weighted by Gasteiger charge is 2.21. The fourth-order valence-electron chi connectivity index (χ4n) is 2.77. The lowest BCUT2D eigenvalue weighted by Gasteiger charge is -2.27. The molecular formula is C20H15N3O. The van der Waals surface area contributed by atoms with E-state index < -0.39 is 0 Å². The van der Waals surface area contributed by atoms with Crippen LogP contribution in [0.15, 0.2) is 48.7 Å². The van der Waals surface area contributed by atoms with Gasteiger partial charge in [-0.1, -0.05) is 18.2 Å². The molecule has 0 N–H and O–H groups in total. The average Bonchev–Trinajstić information content (AvgIpc) is 2.67. The number of carbonyl (C=O) groups excluding carboxylic acids is 1. The SMILES string of the molecule is C#Cc1ncccc1C(=O)N1CC=C(c2cccc(C#N)c2)CC1. The van der Waals surface area contributed by atoms with E-state index >= 15 is 0 Å². The first-order valence-corrected chi connectivity index (χ1v) is 7.63. The maximum atomic E-state index is 12.6. The van der Waals surface area contributed by atoms with E-state index in [1.54, 1.807) is 29.3 Å². The van der Waals surface area contributed by atoms with E-state index in [4.69, 9.17) is 11.7 Å². The second-order valence-electron chi connectivity index (χ2n) is 5.47. The zero-order chi connectivity index (χ0) is 16.9. The predicted molar refractivity (Wildman–Crippen MR) is 91.8 cm³/mol. The fourth-order valence-corrected chi connectivity index (χ4v) is 2.77. The van der Waals surface area contributed by atoms with E-state index in [9.17, 15) is 4.79 Å². The number of amides is 1. The van der Waals surface area contributed by atoms with Crippen LogP contribution in [-0.4, -0.2) is 28.9 Å². The Morgan fingerprint density at radius 2 is 2.17 bits per heavy atom. The Kier molecular flexibility index (Phi) is 4.40. The monoisotopic (exact) mass is 313 g/mol. The lowest BCUT2D eigenvalue weighted by atomic mass is 9.97. The number of hydrogen-bond donors (Lipinski definition) is 0. The Balaban J connectivity index is 1.79. The van der Waals surface area contributed by atoms with E-state index in [1.165, 1.54) is 0 Å². The molecule has 0 fully saturated rings. The van der Waals surface area contributed by atoms with Gasteiger partial charge in [0.05, 0.1) is 17.2 Å². The van der Waals surface area contributed by atoms with Crippen LogP contribution in [0.3, 0.4) is 0 Å². The first-order chi connectivity index (χ1) is 11.7.